The number of ether oxygens (including phenoxy) is 2. The lowest BCUT2D eigenvalue weighted by Gasteiger charge is -2.14. The summed E-state index contributed by atoms with van der Waals surface area (Å²) in [6.45, 7) is 3.07. The Morgan fingerprint density at radius 2 is 1.91 bits per heavy atom. The molecule has 0 aliphatic rings. The van der Waals surface area contributed by atoms with Crippen molar-refractivity contribution < 1.29 is 9.47 Å². The lowest BCUT2D eigenvalue weighted by Crippen LogP contribution is -2.02. The van der Waals surface area contributed by atoms with E-state index in [9.17, 15) is 0 Å². The van der Waals surface area contributed by atoms with Crippen molar-refractivity contribution in [3.8, 4) is 11.5 Å². The topological polar surface area (TPSA) is 30.5 Å². The monoisotopic (exact) mass is 403 g/mol. The highest BCUT2D eigenvalue weighted by Crippen LogP contribution is 2.36. The average molecular weight is 405 g/mol. The third kappa shape index (κ3) is 4.22. The van der Waals surface area contributed by atoms with E-state index in [1.54, 1.807) is 7.11 Å². The summed E-state index contributed by atoms with van der Waals surface area (Å²) >= 11 is 15.7. The molecular formula is C16H16BrCl2NO2. The van der Waals surface area contributed by atoms with Gasteiger partial charge in [0.1, 0.15) is 0 Å². The van der Waals surface area contributed by atoms with E-state index < -0.39 is 0 Å². The molecule has 1 N–H and O–H groups in total. The van der Waals surface area contributed by atoms with E-state index in [-0.39, 0.29) is 0 Å². The van der Waals surface area contributed by atoms with Crippen LogP contribution in [0, 0.1) is 0 Å². The molecular weight excluding hydrogens is 389 g/mol. The van der Waals surface area contributed by atoms with Gasteiger partial charge in [-0.15, -0.1) is 0 Å². The highest BCUT2D eigenvalue weighted by molar-refractivity contribution is 9.10. The van der Waals surface area contributed by atoms with Gasteiger partial charge in [-0.2, -0.15) is 0 Å². The van der Waals surface area contributed by atoms with Crippen molar-refractivity contribution in [1.29, 1.82) is 0 Å². The minimum absolute atomic E-state index is 0.527. The molecule has 0 spiro atoms. The number of hydrogen-bond acceptors (Lipinski definition) is 3. The fourth-order valence-corrected chi connectivity index (χ4v) is 2.73. The number of halogens is 3. The predicted octanol–water partition coefficient (Wildman–Crippen LogP) is 5.78. The number of hydrogen-bond donors (Lipinski definition) is 1. The maximum absolute atomic E-state index is 6.24. The van der Waals surface area contributed by atoms with Crippen molar-refractivity contribution in [2.75, 3.05) is 19.0 Å². The van der Waals surface area contributed by atoms with Crippen molar-refractivity contribution in [2.24, 2.45) is 0 Å². The average Bonchev–Trinajstić information content (AvgIpc) is 2.49. The Bertz CT molecular complexity index is 665. The first kappa shape index (κ1) is 17.3. The molecule has 0 aliphatic heterocycles. The Balaban J connectivity index is 2.17. The van der Waals surface area contributed by atoms with Crippen molar-refractivity contribution in [3.63, 3.8) is 0 Å². The Hall–Kier alpha value is -1.10. The van der Waals surface area contributed by atoms with Crippen LogP contribution in [0.5, 0.6) is 11.5 Å². The van der Waals surface area contributed by atoms with Gasteiger partial charge in [0.15, 0.2) is 11.5 Å². The molecule has 0 saturated carbocycles. The third-order valence-corrected chi connectivity index (χ3v) is 4.50. The summed E-state index contributed by atoms with van der Waals surface area (Å²) in [6.07, 6.45) is 0. The van der Waals surface area contributed by atoms with Crippen LogP contribution in [0.3, 0.4) is 0 Å². The molecule has 0 radical (unpaired) electrons. The largest absolute Gasteiger partial charge is 0.491 e. The van der Waals surface area contributed by atoms with Gasteiger partial charge < -0.3 is 14.8 Å². The number of methoxy groups -OCH3 is 1. The molecule has 0 aliphatic carbocycles. The standard InChI is InChI=1S/C16H16BrCl2NO2/c1-3-22-15-7-10(6-14(19)16(15)21-2)9-20-11-4-5-12(17)13(18)8-11/h4-8,20H,3,9H2,1-2H3. The quantitative estimate of drug-likeness (QED) is 0.662. The maximum atomic E-state index is 6.24. The van der Waals surface area contributed by atoms with Gasteiger partial charge >= 0.3 is 0 Å². The van der Waals surface area contributed by atoms with Crippen LogP contribution in [-0.4, -0.2) is 13.7 Å². The van der Waals surface area contributed by atoms with Crippen LogP contribution in [0.4, 0.5) is 5.69 Å². The molecule has 0 unspecified atom stereocenters. The molecule has 0 aromatic heterocycles. The second kappa shape index (κ2) is 7.95. The van der Waals surface area contributed by atoms with Gasteiger partial charge in [0.25, 0.3) is 0 Å². The second-order valence-electron chi connectivity index (χ2n) is 4.52. The summed E-state index contributed by atoms with van der Waals surface area (Å²) in [7, 11) is 1.57. The molecule has 0 fully saturated rings. The van der Waals surface area contributed by atoms with E-state index in [4.69, 9.17) is 32.7 Å². The molecule has 3 nitrogen and oxygen atoms in total. The highest BCUT2D eigenvalue weighted by atomic mass is 79.9. The van der Waals surface area contributed by atoms with E-state index in [2.05, 4.69) is 21.2 Å². The smallest absolute Gasteiger partial charge is 0.179 e. The molecule has 0 saturated heterocycles. The highest BCUT2D eigenvalue weighted by Gasteiger charge is 2.11. The van der Waals surface area contributed by atoms with Gasteiger partial charge in [-0.3, -0.25) is 0 Å². The van der Waals surface area contributed by atoms with Crippen LogP contribution < -0.4 is 14.8 Å². The summed E-state index contributed by atoms with van der Waals surface area (Å²) in [4.78, 5) is 0. The molecule has 2 rings (SSSR count). The molecule has 2 aromatic rings. The van der Waals surface area contributed by atoms with Gasteiger partial charge in [0.05, 0.1) is 23.8 Å². The number of anilines is 1. The maximum Gasteiger partial charge on any atom is 0.179 e. The molecule has 0 heterocycles. The van der Waals surface area contributed by atoms with Crippen LogP contribution in [0.1, 0.15) is 12.5 Å². The molecule has 0 bridgehead atoms. The van der Waals surface area contributed by atoms with E-state index in [0.29, 0.717) is 34.7 Å². The van der Waals surface area contributed by atoms with Gasteiger partial charge in [-0.05, 0) is 58.7 Å². The van der Waals surface area contributed by atoms with Gasteiger partial charge in [-0.25, -0.2) is 0 Å². The molecule has 22 heavy (non-hydrogen) atoms. The van der Waals surface area contributed by atoms with Crippen LogP contribution in [0.25, 0.3) is 0 Å². The summed E-state index contributed by atoms with van der Waals surface area (Å²) in [6, 6.07) is 9.49. The zero-order valence-corrected chi connectivity index (χ0v) is 15.3. The molecule has 6 heteroatoms. The van der Waals surface area contributed by atoms with Crippen LogP contribution in [-0.2, 0) is 6.54 Å². The lowest BCUT2D eigenvalue weighted by molar-refractivity contribution is 0.310. The molecule has 0 atom stereocenters. The van der Waals surface area contributed by atoms with Crippen molar-refractivity contribution >= 4 is 44.8 Å². The SMILES string of the molecule is CCOc1cc(CNc2ccc(Br)c(Cl)c2)cc(Cl)c1OC. The number of benzene rings is 2. The van der Waals surface area contributed by atoms with E-state index in [1.807, 2.05) is 37.3 Å². The van der Waals surface area contributed by atoms with Gasteiger partial charge in [-0.1, -0.05) is 23.2 Å². The zero-order valence-electron chi connectivity index (χ0n) is 12.3. The van der Waals surface area contributed by atoms with Crippen LogP contribution in [0.2, 0.25) is 10.0 Å². The van der Waals surface area contributed by atoms with Gasteiger partial charge in [0, 0.05) is 16.7 Å². The first-order valence-electron chi connectivity index (χ1n) is 6.73. The Labute approximate surface area is 148 Å². The lowest BCUT2D eigenvalue weighted by atomic mass is 10.2. The summed E-state index contributed by atoms with van der Waals surface area (Å²) in [5.41, 5.74) is 1.92. The first-order chi connectivity index (χ1) is 10.5. The molecule has 2 aromatic carbocycles. The van der Waals surface area contributed by atoms with Crippen molar-refractivity contribution in [3.05, 3.63) is 50.4 Å². The fourth-order valence-electron chi connectivity index (χ4n) is 1.99. The molecule has 0 amide bonds. The summed E-state index contributed by atoms with van der Waals surface area (Å²) < 4.78 is 11.7. The normalized spacial score (nSPS) is 10.4. The van der Waals surface area contributed by atoms with Crippen LogP contribution in [0.15, 0.2) is 34.8 Å². The Morgan fingerprint density at radius 1 is 1.14 bits per heavy atom. The van der Waals surface area contributed by atoms with Crippen molar-refractivity contribution in [2.45, 2.75) is 13.5 Å². The van der Waals surface area contributed by atoms with Crippen LogP contribution >= 0.6 is 39.1 Å². The zero-order chi connectivity index (χ0) is 16.1. The minimum atomic E-state index is 0.527. The van der Waals surface area contributed by atoms with E-state index in [1.165, 1.54) is 0 Å². The Kier molecular flexibility index (Phi) is 6.24. The predicted molar refractivity (Wildman–Crippen MR) is 95.7 cm³/mol. The van der Waals surface area contributed by atoms with Crippen molar-refractivity contribution in [1.82, 2.24) is 0 Å². The van der Waals surface area contributed by atoms with E-state index >= 15 is 0 Å². The number of nitrogens with one attached hydrogen (secondary N) is 1. The first-order valence-corrected chi connectivity index (χ1v) is 8.28. The Morgan fingerprint density at radius 3 is 2.55 bits per heavy atom. The third-order valence-electron chi connectivity index (χ3n) is 2.99. The van der Waals surface area contributed by atoms with E-state index in [0.717, 1.165) is 15.7 Å². The fraction of sp³-hybridized carbons (Fsp3) is 0.250. The number of rotatable bonds is 6. The second-order valence-corrected chi connectivity index (χ2v) is 6.19. The minimum Gasteiger partial charge on any atom is -0.491 e. The molecule has 118 valence electrons. The summed E-state index contributed by atoms with van der Waals surface area (Å²) in [5.74, 6) is 1.20. The van der Waals surface area contributed by atoms with Gasteiger partial charge in [0.2, 0.25) is 0 Å². The summed E-state index contributed by atoms with van der Waals surface area (Å²) in [5, 5.41) is 4.49.